The van der Waals surface area contributed by atoms with Crippen molar-refractivity contribution in [3.63, 3.8) is 0 Å². The van der Waals surface area contributed by atoms with Gasteiger partial charge in [0.05, 0.1) is 31.0 Å². The molecule has 8 aromatic carbocycles. The maximum atomic E-state index is 15.1. The number of nitrogens with zero attached hydrogens (tertiary/aromatic N) is 2. The Bertz CT molecular complexity index is 3100. The summed E-state index contributed by atoms with van der Waals surface area (Å²) in [5.41, 5.74) is 9.59. The summed E-state index contributed by atoms with van der Waals surface area (Å²) in [4.78, 5) is 4.53. The zero-order chi connectivity index (χ0) is 41.3. The minimum atomic E-state index is -4.16. The van der Waals surface area contributed by atoms with Gasteiger partial charge in [0.15, 0.2) is 0 Å². The van der Waals surface area contributed by atoms with Crippen LogP contribution in [0.5, 0.6) is 0 Å². The lowest BCUT2D eigenvalue weighted by molar-refractivity contribution is 0.594. The number of furan rings is 1. The van der Waals surface area contributed by atoms with Crippen LogP contribution in [0.2, 0.25) is 0 Å². The molecule has 9 heteroatoms. The van der Waals surface area contributed by atoms with Crippen molar-refractivity contribution in [1.29, 1.82) is 0 Å². The summed E-state index contributed by atoms with van der Waals surface area (Å²) in [7, 11) is -8.32. The monoisotopic (exact) mass is 834 g/mol. The molecule has 0 fully saturated rings. The molecule has 9 aromatic rings. The van der Waals surface area contributed by atoms with Gasteiger partial charge in [0, 0.05) is 45.7 Å². The predicted octanol–water partition coefficient (Wildman–Crippen LogP) is 12.4. The SMILES string of the molecule is O=S(=O)(c1ccccc1)c1cc2c(cc1N1c3ccccc3CCc3ccccc31)oc1cc(N3c4ccccc4CCc4ccccc43)c(S(=O)(=O)c3ccccc3)cc12. The second-order valence-corrected chi connectivity index (χ2v) is 19.4. The molecule has 2 aliphatic heterocycles. The predicted molar refractivity (Wildman–Crippen MR) is 242 cm³/mol. The summed E-state index contributed by atoms with van der Waals surface area (Å²) in [6.07, 6.45) is 3.12. The number of aryl methyl sites for hydroxylation is 4. The standard InChI is InChI=1S/C52H38N2O5S2/c55-60(56,39-19-3-1-4-20-39)51-31-41-42-32-52(61(57,58)40-21-5-2-6-22-40)48(54-45-25-13-9-17-37(45)29-30-38-18-10-14-26-46(38)54)34-50(42)59-49(41)33-47(51)53-43-23-11-7-15-35(43)27-28-36-16-8-12-24-44(36)53/h1-26,31-34H,27-30H2. The fraction of sp³-hybridized carbons (Fsp3) is 0.0769. The Morgan fingerprint density at radius 1 is 0.344 bits per heavy atom. The van der Waals surface area contributed by atoms with Crippen molar-refractivity contribution in [1.82, 2.24) is 0 Å². The van der Waals surface area contributed by atoms with E-state index in [1.54, 1.807) is 72.8 Å². The maximum absolute atomic E-state index is 15.1. The molecular formula is C52H38N2O5S2. The molecule has 2 aliphatic rings. The van der Waals surface area contributed by atoms with E-state index in [0.717, 1.165) is 70.7 Å². The van der Waals surface area contributed by atoms with Gasteiger partial charge in [-0.3, -0.25) is 0 Å². The zero-order valence-corrected chi connectivity index (χ0v) is 34.5. The lowest BCUT2D eigenvalue weighted by atomic mass is 10.0. The lowest BCUT2D eigenvalue weighted by Gasteiger charge is -2.29. The van der Waals surface area contributed by atoms with E-state index in [1.807, 2.05) is 94.7 Å². The first-order chi connectivity index (χ1) is 29.8. The minimum absolute atomic E-state index is 0.0762. The van der Waals surface area contributed by atoms with Crippen molar-refractivity contribution in [3.05, 3.63) is 204 Å². The van der Waals surface area contributed by atoms with Crippen LogP contribution in [0.25, 0.3) is 21.9 Å². The van der Waals surface area contributed by atoms with Crippen LogP contribution < -0.4 is 9.80 Å². The number of hydrogen-bond donors (Lipinski definition) is 0. The summed E-state index contributed by atoms with van der Waals surface area (Å²) in [5, 5.41) is 0.967. The number of benzene rings is 8. The second kappa shape index (κ2) is 14.4. The van der Waals surface area contributed by atoms with E-state index in [0.29, 0.717) is 33.3 Å². The Balaban J connectivity index is 1.25. The van der Waals surface area contributed by atoms with Crippen LogP contribution in [0, 0.1) is 0 Å². The van der Waals surface area contributed by atoms with Crippen molar-refractivity contribution in [2.24, 2.45) is 0 Å². The maximum Gasteiger partial charge on any atom is 0.208 e. The molecule has 298 valence electrons. The number of rotatable bonds is 6. The molecule has 0 N–H and O–H groups in total. The summed E-state index contributed by atoms with van der Waals surface area (Å²) in [6, 6.07) is 56.3. The van der Waals surface area contributed by atoms with E-state index >= 15 is 16.8 Å². The zero-order valence-electron chi connectivity index (χ0n) is 32.9. The lowest BCUT2D eigenvalue weighted by Crippen LogP contribution is -2.16. The highest BCUT2D eigenvalue weighted by Gasteiger charge is 2.34. The largest absolute Gasteiger partial charge is 0.456 e. The third-order valence-electron chi connectivity index (χ3n) is 12.1. The van der Waals surface area contributed by atoms with Crippen LogP contribution in [0.1, 0.15) is 22.3 Å². The highest BCUT2D eigenvalue weighted by Crippen LogP contribution is 2.50. The van der Waals surface area contributed by atoms with E-state index in [9.17, 15) is 0 Å². The quantitative estimate of drug-likeness (QED) is 0.165. The summed E-state index contributed by atoms with van der Waals surface area (Å²) in [6.45, 7) is 0. The number of anilines is 6. The number of para-hydroxylation sites is 4. The normalized spacial score (nSPS) is 13.8. The molecule has 7 nitrogen and oxygen atoms in total. The first kappa shape index (κ1) is 37.1. The molecule has 0 saturated carbocycles. The minimum Gasteiger partial charge on any atom is -0.456 e. The van der Waals surface area contributed by atoms with Crippen molar-refractivity contribution in [3.8, 4) is 0 Å². The van der Waals surface area contributed by atoms with Gasteiger partial charge in [-0.05, 0) is 109 Å². The fourth-order valence-electron chi connectivity index (χ4n) is 9.12. The summed E-state index contributed by atoms with van der Waals surface area (Å²) < 4.78 is 67.2. The highest BCUT2D eigenvalue weighted by molar-refractivity contribution is 7.92. The van der Waals surface area contributed by atoms with Crippen molar-refractivity contribution < 1.29 is 21.3 Å². The third kappa shape index (κ3) is 6.06. The molecule has 0 amide bonds. The molecule has 0 unspecified atom stereocenters. The Kier molecular flexibility index (Phi) is 8.73. The van der Waals surface area contributed by atoms with Crippen molar-refractivity contribution in [2.75, 3.05) is 9.80 Å². The molecule has 11 rings (SSSR count). The van der Waals surface area contributed by atoms with Crippen LogP contribution >= 0.6 is 0 Å². The van der Waals surface area contributed by atoms with Crippen molar-refractivity contribution >= 4 is 75.7 Å². The Morgan fingerprint density at radius 2 is 0.639 bits per heavy atom. The van der Waals surface area contributed by atoms with Gasteiger partial charge in [0.1, 0.15) is 11.2 Å². The van der Waals surface area contributed by atoms with E-state index in [2.05, 4.69) is 24.3 Å². The first-order valence-electron chi connectivity index (χ1n) is 20.3. The van der Waals surface area contributed by atoms with Crippen molar-refractivity contribution in [2.45, 2.75) is 45.3 Å². The molecule has 61 heavy (non-hydrogen) atoms. The van der Waals surface area contributed by atoms with Crippen LogP contribution in [-0.2, 0) is 45.4 Å². The van der Waals surface area contributed by atoms with Gasteiger partial charge in [-0.1, -0.05) is 109 Å². The van der Waals surface area contributed by atoms with Gasteiger partial charge in [0.25, 0.3) is 0 Å². The number of hydrogen-bond acceptors (Lipinski definition) is 7. The van der Waals surface area contributed by atoms with Gasteiger partial charge >= 0.3 is 0 Å². The number of sulfone groups is 2. The van der Waals surface area contributed by atoms with E-state index in [1.165, 1.54) is 0 Å². The van der Waals surface area contributed by atoms with Crippen LogP contribution in [0.3, 0.4) is 0 Å². The van der Waals surface area contributed by atoms with E-state index in [4.69, 9.17) is 4.42 Å². The Labute approximate surface area is 354 Å². The molecular weight excluding hydrogens is 797 g/mol. The topological polar surface area (TPSA) is 87.9 Å². The van der Waals surface area contributed by atoms with Crippen LogP contribution in [-0.4, -0.2) is 16.8 Å². The molecule has 0 radical (unpaired) electrons. The van der Waals surface area contributed by atoms with Gasteiger partial charge in [0.2, 0.25) is 19.7 Å². The van der Waals surface area contributed by atoms with Gasteiger partial charge < -0.3 is 14.2 Å². The first-order valence-corrected chi connectivity index (χ1v) is 23.3. The average Bonchev–Trinajstić information content (AvgIpc) is 3.44. The molecule has 3 heterocycles. The van der Waals surface area contributed by atoms with Gasteiger partial charge in [-0.25, -0.2) is 16.8 Å². The third-order valence-corrected chi connectivity index (χ3v) is 15.7. The molecule has 0 spiro atoms. The summed E-state index contributed by atoms with van der Waals surface area (Å²) >= 11 is 0. The molecule has 0 bridgehead atoms. The molecule has 0 aliphatic carbocycles. The molecule has 0 saturated heterocycles. The molecule has 1 aromatic heterocycles. The van der Waals surface area contributed by atoms with Crippen LogP contribution in [0.4, 0.5) is 34.1 Å². The highest BCUT2D eigenvalue weighted by atomic mass is 32.2. The smallest absolute Gasteiger partial charge is 0.208 e. The second-order valence-electron chi connectivity index (χ2n) is 15.6. The Hall–Kier alpha value is -6.94. The average molecular weight is 835 g/mol. The Morgan fingerprint density at radius 3 is 0.967 bits per heavy atom. The fourth-order valence-corrected chi connectivity index (χ4v) is 12.1. The van der Waals surface area contributed by atoms with Gasteiger partial charge in [-0.2, -0.15) is 0 Å². The van der Waals surface area contributed by atoms with E-state index < -0.39 is 19.7 Å². The summed E-state index contributed by atoms with van der Waals surface area (Å²) in [5.74, 6) is 0. The van der Waals surface area contributed by atoms with Crippen LogP contribution in [0.15, 0.2) is 206 Å². The molecule has 0 atom stereocenters. The van der Waals surface area contributed by atoms with Gasteiger partial charge in [-0.15, -0.1) is 0 Å². The number of fused-ring (bicyclic) bond motifs is 7. The van der Waals surface area contributed by atoms with E-state index in [-0.39, 0.29) is 19.6 Å².